The second-order valence-corrected chi connectivity index (χ2v) is 7.08. The number of aryl methyl sites for hydroxylation is 1. The second kappa shape index (κ2) is 6.31. The van der Waals surface area contributed by atoms with Crippen LogP contribution in [0.25, 0.3) is 0 Å². The molecule has 7 heteroatoms. The summed E-state index contributed by atoms with van der Waals surface area (Å²) in [4.78, 5) is 12.3. The molecule has 1 heterocycles. The standard InChI is InChI=1S/C16H19N5OS/c22-15(10-23-16-18-19-20-21(16)12-8-9-12)17-14-7-3-5-11-4-1-2-6-13(11)14/h1-2,4,6,12,14H,3,5,7-10H2,(H,17,22). The molecule has 1 amide bonds. The minimum Gasteiger partial charge on any atom is -0.349 e. The topological polar surface area (TPSA) is 72.7 Å². The molecule has 0 radical (unpaired) electrons. The molecule has 4 rings (SSSR count). The third kappa shape index (κ3) is 3.24. The normalized spacial score (nSPS) is 20.1. The molecule has 1 aromatic carbocycles. The van der Waals surface area contributed by atoms with Crippen LogP contribution in [0, 0.1) is 0 Å². The zero-order valence-electron chi connectivity index (χ0n) is 12.8. The Morgan fingerprint density at radius 3 is 3.04 bits per heavy atom. The number of hydrogen-bond donors (Lipinski definition) is 1. The van der Waals surface area contributed by atoms with Crippen LogP contribution in [0.15, 0.2) is 29.4 Å². The van der Waals surface area contributed by atoms with Crippen molar-refractivity contribution in [3.63, 3.8) is 0 Å². The number of rotatable bonds is 5. The summed E-state index contributed by atoms with van der Waals surface area (Å²) in [5.74, 6) is 0.397. The molecule has 1 unspecified atom stereocenters. The molecule has 2 aliphatic rings. The van der Waals surface area contributed by atoms with Gasteiger partial charge in [-0.15, -0.1) is 5.10 Å². The van der Waals surface area contributed by atoms with E-state index in [9.17, 15) is 4.79 Å². The van der Waals surface area contributed by atoms with Crippen LogP contribution in [0.2, 0.25) is 0 Å². The van der Waals surface area contributed by atoms with Crippen LogP contribution in [-0.4, -0.2) is 31.9 Å². The van der Waals surface area contributed by atoms with Crippen LogP contribution in [0.3, 0.4) is 0 Å². The number of nitrogens with zero attached hydrogens (tertiary/aromatic N) is 4. The molecule has 1 saturated carbocycles. The summed E-state index contributed by atoms with van der Waals surface area (Å²) in [5, 5.41) is 15.6. The summed E-state index contributed by atoms with van der Waals surface area (Å²) in [7, 11) is 0. The maximum Gasteiger partial charge on any atom is 0.230 e. The van der Waals surface area contributed by atoms with Crippen molar-refractivity contribution in [2.45, 2.75) is 49.3 Å². The van der Waals surface area contributed by atoms with Crippen molar-refractivity contribution in [2.24, 2.45) is 0 Å². The van der Waals surface area contributed by atoms with Crippen LogP contribution in [0.5, 0.6) is 0 Å². The lowest BCUT2D eigenvalue weighted by atomic mass is 9.88. The van der Waals surface area contributed by atoms with Gasteiger partial charge in [0.15, 0.2) is 0 Å². The Labute approximate surface area is 139 Å². The molecule has 1 fully saturated rings. The molecular weight excluding hydrogens is 310 g/mol. The van der Waals surface area contributed by atoms with E-state index in [1.807, 2.05) is 10.7 Å². The second-order valence-electron chi connectivity index (χ2n) is 6.14. The summed E-state index contributed by atoms with van der Waals surface area (Å²) in [5.41, 5.74) is 2.62. The highest BCUT2D eigenvalue weighted by molar-refractivity contribution is 7.99. The van der Waals surface area contributed by atoms with E-state index in [4.69, 9.17) is 0 Å². The van der Waals surface area contributed by atoms with Gasteiger partial charge in [0.1, 0.15) is 0 Å². The minimum atomic E-state index is 0.0436. The van der Waals surface area contributed by atoms with Gasteiger partial charge in [-0.2, -0.15) is 0 Å². The van der Waals surface area contributed by atoms with Gasteiger partial charge in [-0.25, -0.2) is 4.68 Å². The van der Waals surface area contributed by atoms with E-state index < -0.39 is 0 Å². The van der Waals surface area contributed by atoms with E-state index in [2.05, 4.69) is 39.0 Å². The van der Waals surface area contributed by atoms with Crippen LogP contribution < -0.4 is 5.32 Å². The van der Waals surface area contributed by atoms with E-state index in [0.29, 0.717) is 11.8 Å². The first-order valence-corrected chi connectivity index (χ1v) is 9.07. The molecule has 1 aromatic heterocycles. The maximum atomic E-state index is 12.3. The fourth-order valence-electron chi connectivity index (χ4n) is 3.10. The number of carbonyl (C=O) groups excluding carboxylic acids is 1. The number of nitrogens with one attached hydrogen (secondary N) is 1. The van der Waals surface area contributed by atoms with Crippen molar-refractivity contribution < 1.29 is 4.79 Å². The average Bonchev–Trinajstić information content (AvgIpc) is 3.31. The van der Waals surface area contributed by atoms with Crippen molar-refractivity contribution in [3.05, 3.63) is 35.4 Å². The van der Waals surface area contributed by atoms with Crippen LogP contribution >= 0.6 is 11.8 Å². The summed E-state index contributed by atoms with van der Waals surface area (Å²) in [6, 6.07) is 8.96. The molecule has 6 nitrogen and oxygen atoms in total. The molecule has 2 aliphatic carbocycles. The zero-order valence-corrected chi connectivity index (χ0v) is 13.6. The first-order chi connectivity index (χ1) is 11.3. The Bertz CT molecular complexity index is 712. The Balaban J connectivity index is 1.36. The summed E-state index contributed by atoms with van der Waals surface area (Å²) < 4.78 is 1.84. The lowest BCUT2D eigenvalue weighted by molar-refractivity contribution is -0.119. The highest BCUT2D eigenvalue weighted by atomic mass is 32.2. The van der Waals surface area contributed by atoms with Gasteiger partial charge in [0.2, 0.25) is 11.1 Å². The smallest absolute Gasteiger partial charge is 0.230 e. The van der Waals surface area contributed by atoms with Crippen molar-refractivity contribution in [2.75, 3.05) is 5.75 Å². The number of aromatic nitrogens is 4. The van der Waals surface area contributed by atoms with Crippen LogP contribution in [0.4, 0.5) is 0 Å². The first-order valence-electron chi connectivity index (χ1n) is 8.09. The van der Waals surface area contributed by atoms with Gasteiger partial charge in [-0.3, -0.25) is 4.79 Å². The Kier molecular flexibility index (Phi) is 4.03. The lowest BCUT2D eigenvalue weighted by Crippen LogP contribution is -2.32. The molecule has 0 spiro atoms. The lowest BCUT2D eigenvalue weighted by Gasteiger charge is -2.26. The fraction of sp³-hybridized carbons (Fsp3) is 0.500. The highest BCUT2D eigenvalue weighted by Crippen LogP contribution is 2.36. The Morgan fingerprint density at radius 2 is 2.17 bits per heavy atom. The van der Waals surface area contributed by atoms with Crippen LogP contribution in [0.1, 0.15) is 48.9 Å². The van der Waals surface area contributed by atoms with Crippen molar-refractivity contribution in [1.82, 2.24) is 25.5 Å². The largest absolute Gasteiger partial charge is 0.349 e. The highest BCUT2D eigenvalue weighted by Gasteiger charge is 2.28. The average molecular weight is 329 g/mol. The van der Waals surface area contributed by atoms with Gasteiger partial charge in [-0.05, 0) is 53.7 Å². The third-order valence-electron chi connectivity index (χ3n) is 4.39. The van der Waals surface area contributed by atoms with E-state index in [0.717, 1.165) is 37.3 Å². The van der Waals surface area contributed by atoms with E-state index >= 15 is 0 Å². The molecular formula is C16H19N5OS. The van der Waals surface area contributed by atoms with Gasteiger partial charge in [0.05, 0.1) is 17.8 Å². The molecule has 0 bridgehead atoms. The molecule has 1 atom stereocenters. The third-order valence-corrected chi connectivity index (χ3v) is 5.33. The summed E-state index contributed by atoms with van der Waals surface area (Å²) >= 11 is 1.41. The van der Waals surface area contributed by atoms with Gasteiger partial charge in [-0.1, -0.05) is 36.0 Å². The Morgan fingerprint density at radius 1 is 1.30 bits per heavy atom. The van der Waals surface area contributed by atoms with Gasteiger partial charge >= 0.3 is 0 Å². The summed E-state index contributed by atoms with van der Waals surface area (Å²) in [6.45, 7) is 0. The van der Waals surface area contributed by atoms with Gasteiger partial charge in [0, 0.05) is 0 Å². The SMILES string of the molecule is O=C(CSc1nnnn1C1CC1)NC1CCCc2ccccc21. The number of tetrazole rings is 1. The number of fused-ring (bicyclic) bond motifs is 1. The number of benzene rings is 1. The summed E-state index contributed by atoms with van der Waals surface area (Å²) in [6.07, 6.45) is 5.49. The number of thioether (sulfide) groups is 1. The molecule has 0 saturated heterocycles. The number of amides is 1. The van der Waals surface area contributed by atoms with Gasteiger partial charge < -0.3 is 5.32 Å². The number of carbonyl (C=O) groups is 1. The first kappa shape index (κ1) is 14.7. The number of hydrogen-bond acceptors (Lipinski definition) is 5. The molecule has 0 aliphatic heterocycles. The Hall–Kier alpha value is -1.89. The van der Waals surface area contributed by atoms with Gasteiger partial charge in [0.25, 0.3) is 0 Å². The monoisotopic (exact) mass is 329 g/mol. The molecule has 2 aromatic rings. The quantitative estimate of drug-likeness (QED) is 0.852. The minimum absolute atomic E-state index is 0.0436. The van der Waals surface area contributed by atoms with Crippen molar-refractivity contribution in [1.29, 1.82) is 0 Å². The maximum absolute atomic E-state index is 12.3. The van der Waals surface area contributed by atoms with E-state index in [1.165, 1.54) is 22.9 Å². The zero-order chi connectivity index (χ0) is 15.6. The van der Waals surface area contributed by atoms with Crippen molar-refractivity contribution in [3.8, 4) is 0 Å². The van der Waals surface area contributed by atoms with E-state index in [1.54, 1.807) is 0 Å². The predicted octanol–water partition coefficient (Wildman–Crippen LogP) is 2.29. The molecule has 1 N–H and O–H groups in total. The van der Waals surface area contributed by atoms with Crippen molar-refractivity contribution >= 4 is 17.7 Å². The molecule has 23 heavy (non-hydrogen) atoms. The predicted molar refractivity (Wildman–Crippen MR) is 87.1 cm³/mol. The fourth-order valence-corrected chi connectivity index (χ4v) is 3.85. The molecule has 120 valence electrons. The van der Waals surface area contributed by atoms with Crippen LogP contribution in [-0.2, 0) is 11.2 Å². The van der Waals surface area contributed by atoms with E-state index in [-0.39, 0.29) is 11.9 Å².